The second-order valence-corrected chi connectivity index (χ2v) is 36.5. The largest absolute Gasteiger partial charge is 0.497 e. The highest BCUT2D eigenvalue weighted by atomic mass is 16.5. The minimum Gasteiger partial charge on any atom is -0.497 e. The molecule has 10 aromatic rings. The summed E-state index contributed by atoms with van der Waals surface area (Å²) in [7, 11) is 4.97. The van der Waals surface area contributed by atoms with Gasteiger partial charge in [0.2, 0.25) is 0 Å². The first-order valence-corrected chi connectivity index (χ1v) is 46.8. The molecule has 8 aromatic carbocycles. The molecule has 0 bridgehead atoms. The fourth-order valence-electron chi connectivity index (χ4n) is 17.2. The van der Waals surface area contributed by atoms with Crippen molar-refractivity contribution >= 4 is 89.7 Å². The molecule has 7 fully saturated rings. The number of hydrogen-bond acceptors (Lipinski definition) is 14. The highest BCUT2D eigenvalue weighted by Gasteiger charge is 2.38. The lowest BCUT2D eigenvalue weighted by Crippen LogP contribution is -2.39. The Kier molecular flexibility index (Phi) is 35.3. The second-order valence-electron chi connectivity index (χ2n) is 36.5. The molecule has 0 amide bonds. The fraction of sp³-hybridized carbons (Fsp3) is 0.297. The Morgan fingerprint density at radius 2 is 0.629 bits per heavy atom. The van der Waals surface area contributed by atoms with Crippen molar-refractivity contribution in [2.24, 2.45) is 17.8 Å². The van der Waals surface area contributed by atoms with Crippen LogP contribution in [0.25, 0.3) is 60.8 Å². The van der Waals surface area contributed by atoms with Gasteiger partial charge in [-0.1, -0.05) is 252 Å². The first-order chi connectivity index (χ1) is 64.1. The number of piperidine rings is 4. The molecule has 14 nitrogen and oxygen atoms in total. The number of carbonyl (C=O) groups is 5. The van der Waals surface area contributed by atoms with E-state index >= 15 is 0 Å². The molecule has 3 aliphatic carbocycles. The van der Waals surface area contributed by atoms with Gasteiger partial charge in [-0.05, 0) is 245 Å². The van der Waals surface area contributed by atoms with E-state index in [1.165, 1.54) is 42.4 Å². The molecular weight excluding hydrogens is 1630 g/mol. The van der Waals surface area contributed by atoms with Crippen LogP contribution >= 0.6 is 0 Å². The van der Waals surface area contributed by atoms with Crippen molar-refractivity contribution in [2.45, 2.75) is 125 Å². The molecule has 132 heavy (non-hydrogen) atoms. The minimum absolute atomic E-state index is 0.0904. The van der Waals surface area contributed by atoms with Crippen molar-refractivity contribution in [1.29, 1.82) is 0 Å². The molecule has 4 aliphatic heterocycles. The van der Waals surface area contributed by atoms with Crippen LogP contribution in [-0.4, -0.2) is 157 Å². The van der Waals surface area contributed by atoms with Gasteiger partial charge < -0.3 is 14.2 Å². The van der Waals surface area contributed by atoms with Gasteiger partial charge >= 0.3 is 0 Å². The van der Waals surface area contributed by atoms with E-state index in [1.54, 1.807) is 46.1 Å². The molecule has 14 heteroatoms. The summed E-state index contributed by atoms with van der Waals surface area (Å²) in [6.07, 6.45) is 37.3. The molecule has 3 saturated carbocycles. The number of ether oxygens (including phenoxy) is 3. The topological polar surface area (TPSA) is 152 Å². The smallest absolute Gasteiger partial charge is 0.187 e. The maximum absolute atomic E-state index is 13.4. The van der Waals surface area contributed by atoms with Crippen LogP contribution in [0, 0.1) is 38.5 Å². The van der Waals surface area contributed by atoms with Gasteiger partial charge in [0.15, 0.2) is 28.9 Å². The maximum atomic E-state index is 13.4. The van der Waals surface area contributed by atoms with E-state index in [0.29, 0.717) is 42.9 Å². The number of nitrogens with zero attached hydrogens (tertiary/aromatic N) is 6. The van der Waals surface area contributed by atoms with E-state index in [-0.39, 0.29) is 28.9 Å². The first-order valence-electron chi connectivity index (χ1n) is 46.8. The van der Waals surface area contributed by atoms with Crippen molar-refractivity contribution in [1.82, 2.24) is 29.6 Å². The van der Waals surface area contributed by atoms with E-state index in [1.807, 2.05) is 206 Å². The third-order valence-electron chi connectivity index (χ3n) is 24.6. The van der Waals surface area contributed by atoms with E-state index < -0.39 is 0 Å². The number of aromatic nitrogens is 2. The molecule has 2 aromatic heterocycles. The fourth-order valence-corrected chi connectivity index (χ4v) is 17.2. The number of para-hydroxylation sites is 2. The number of pyridine rings is 2. The lowest BCUT2D eigenvalue weighted by molar-refractivity contribution is -0.114. The van der Waals surface area contributed by atoms with Gasteiger partial charge in [-0.2, -0.15) is 0 Å². The third-order valence-corrected chi connectivity index (χ3v) is 24.6. The van der Waals surface area contributed by atoms with Gasteiger partial charge in [0.05, 0.1) is 21.3 Å². The summed E-state index contributed by atoms with van der Waals surface area (Å²) in [6, 6.07) is 77.7. The summed E-state index contributed by atoms with van der Waals surface area (Å²) in [5.74, 6) is 4.94. The van der Waals surface area contributed by atoms with Crippen LogP contribution in [-0.2, 0) is 24.0 Å². The number of allylic oxidation sites excluding steroid dienone is 2. The van der Waals surface area contributed by atoms with E-state index in [4.69, 9.17) is 14.2 Å². The van der Waals surface area contributed by atoms with Crippen molar-refractivity contribution in [3.8, 4) is 17.2 Å². The Morgan fingerprint density at radius 1 is 0.326 bits per heavy atom. The molecule has 0 spiro atoms. The lowest BCUT2D eigenvalue weighted by Gasteiger charge is -2.30. The summed E-state index contributed by atoms with van der Waals surface area (Å²) in [6.45, 7) is 25.1. The highest BCUT2D eigenvalue weighted by molar-refractivity contribution is 6.18. The van der Waals surface area contributed by atoms with Gasteiger partial charge in [-0.25, -0.2) is 0 Å². The summed E-state index contributed by atoms with van der Waals surface area (Å²) in [4.78, 5) is 83.4. The molecule has 6 heterocycles. The lowest BCUT2D eigenvalue weighted by atomic mass is 9.79. The molecule has 7 aliphatic rings. The van der Waals surface area contributed by atoms with Gasteiger partial charge in [-0.15, -0.1) is 0 Å². The van der Waals surface area contributed by atoms with Crippen LogP contribution < -0.4 is 14.2 Å². The Labute approximate surface area is 783 Å². The number of ketones is 5. The van der Waals surface area contributed by atoms with Crippen LogP contribution in [0.3, 0.4) is 0 Å². The number of carbonyl (C=O) groups excluding carboxylic acids is 5. The Morgan fingerprint density at radius 3 is 0.970 bits per heavy atom. The SMILES string of the molecule is CCC1C/C(=C\c2ccccc2)C(=O)/C(=C/c2cccnc2)C1.COc1cccc(/C=C2\CN(C3CC3)C/C(=C\c3cccc(C)c3)C2=O)c1.COc1ccccc1/C=C1\CN(CCC(C)C)C/C(=C\c2ccccc2OC)C1=O.Cc1cccc(/C=C2\CN(CCC(C)C)C/C(=C\c3cccc(C)c3)C2=O)c1.O=C1/C(=C/c2ccccc2)CN(C2CC2)C/C1=C\c1cccnc1. The zero-order valence-corrected chi connectivity index (χ0v) is 78.8. The molecule has 1 atom stereocenters. The zero-order valence-electron chi connectivity index (χ0n) is 78.8. The minimum atomic E-state index is 0.0904. The van der Waals surface area contributed by atoms with Gasteiger partial charge in [0.25, 0.3) is 0 Å². The average molecular weight is 1760 g/mol. The number of aryl methyl sites for hydroxylation is 3. The highest BCUT2D eigenvalue weighted by Crippen LogP contribution is 2.38. The van der Waals surface area contributed by atoms with E-state index in [2.05, 4.69) is 170 Å². The molecular formula is C118H128N6O8. The predicted molar refractivity (Wildman–Crippen MR) is 543 cm³/mol. The zero-order chi connectivity index (χ0) is 92.8. The van der Waals surface area contributed by atoms with Crippen molar-refractivity contribution in [3.05, 3.63) is 383 Å². The molecule has 1 unspecified atom stereocenters. The van der Waals surface area contributed by atoms with Gasteiger partial charge in [0.1, 0.15) is 17.2 Å². The molecule has 0 radical (unpaired) electrons. The van der Waals surface area contributed by atoms with Crippen molar-refractivity contribution < 1.29 is 38.2 Å². The maximum Gasteiger partial charge on any atom is 0.187 e. The van der Waals surface area contributed by atoms with Crippen LogP contribution in [0.1, 0.15) is 165 Å². The number of Topliss-reactive ketones (excluding diaryl/α,β-unsaturated/α-hetero) is 5. The van der Waals surface area contributed by atoms with E-state index in [0.717, 1.165) is 213 Å². The summed E-state index contributed by atoms with van der Waals surface area (Å²) in [5, 5.41) is 0. The number of benzene rings is 8. The second kappa shape index (κ2) is 48.3. The van der Waals surface area contributed by atoms with Crippen LogP contribution in [0.15, 0.2) is 311 Å². The van der Waals surface area contributed by atoms with Gasteiger partial charge in [-0.3, -0.25) is 53.5 Å². The number of hydrogen-bond donors (Lipinski definition) is 0. The van der Waals surface area contributed by atoms with Gasteiger partial charge in [0, 0.05) is 156 Å². The van der Waals surface area contributed by atoms with Crippen LogP contribution in [0.4, 0.5) is 0 Å². The summed E-state index contributed by atoms with van der Waals surface area (Å²) < 4.78 is 16.3. The summed E-state index contributed by atoms with van der Waals surface area (Å²) >= 11 is 0. The third kappa shape index (κ3) is 29.0. The van der Waals surface area contributed by atoms with Crippen LogP contribution in [0.2, 0.25) is 0 Å². The monoisotopic (exact) mass is 1760 g/mol. The standard InChI is InChI=1S/C26H31NO3.C26H31NO.C24H25NO2.C21H20N2O.C21H21NO/c1-19(2)13-14-27-17-22(15-20-9-5-7-11-24(20)29-3)26(28)23(18-27)16-21-10-6-8-12-25(21)30-4;1-19(2)11-12-27-17-24(15-22-9-5-7-20(3)13-22)26(28)25(18-27)16-23-10-6-8-21(4)14-23;1-17-5-3-6-18(11-17)12-20-15-25(22-9-10-22)16-21(24(20)26)13-19-7-4-8-23(14-19)27-2;24-21-18(11-16-5-2-1-3-6-16)14-23(20-8-9-20)15-19(21)12-17-7-4-10-22-13-17;1-2-16-11-19(13-17-7-4-3-5-8-17)21(23)20(12-16)14-18-9-6-10-22-15-18/h5-12,15-16,19H,13-14,17-18H2,1-4H3;5-10,13-16,19H,11-12,17-18H2,1-4H3;3-8,11-14,22H,9-10,15-16H2,1-2H3;1-7,10-13,20H,8-9,14-15H2;3-10,13-16H,2,11-12H2,1H3/b22-15+,23-16+;24-15+,25-16+;20-12+,21-13+;18-11+,19-12+;19-13+,20-14+. The Hall–Kier alpha value is -13.0. The normalized spacial score (nSPS) is 20.1. The molecule has 4 saturated heterocycles. The quantitative estimate of drug-likeness (QED) is 0.0592. The number of methoxy groups -OCH3 is 3. The average Bonchev–Trinajstić information content (AvgIpc) is 1.63. The van der Waals surface area contributed by atoms with E-state index in [9.17, 15) is 24.0 Å². The predicted octanol–water partition coefficient (Wildman–Crippen LogP) is 23.9. The molecule has 678 valence electrons. The molecule has 0 N–H and O–H groups in total. The van der Waals surface area contributed by atoms with Crippen LogP contribution in [0.5, 0.6) is 17.2 Å². The van der Waals surface area contributed by atoms with Crippen molar-refractivity contribution in [2.75, 3.05) is 86.8 Å². The number of likely N-dealkylation sites (tertiary alicyclic amines) is 4. The molecule has 17 rings (SSSR count). The Bertz CT molecular complexity index is 5720. The first kappa shape index (κ1) is 96.6. The van der Waals surface area contributed by atoms with Crippen molar-refractivity contribution in [3.63, 3.8) is 0 Å². The summed E-state index contributed by atoms with van der Waals surface area (Å²) in [5.41, 5.74) is 22.6. The Balaban J connectivity index is 0.000000141. The number of rotatable bonds is 22.